The molecule has 8 heteroatoms. The van der Waals surface area contributed by atoms with E-state index in [1.165, 1.54) is 4.90 Å². The third-order valence-electron chi connectivity index (χ3n) is 4.48. The number of hydrogen-bond acceptors (Lipinski definition) is 3. The van der Waals surface area contributed by atoms with Gasteiger partial charge in [0, 0.05) is 33.7 Å². The van der Waals surface area contributed by atoms with Crippen LogP contribution in [0.4, 0.5) is 0 Å². The molecule has 1 N–H and O–H groups in total. The van der Waals surface area contributed by atoms with E-state index >= 15 is 0 Å². The summed E-state index contributed by atoms with van der Waals surface area (Å²) >= 11 is 18.6. The van der Waals surface area contributed by atoms with Gasteiger partial charge in [0.2, 0.25) is 5.91 Å². The summed E-state index contributed by atoms with van der Waals surface area (Å²) in [6.45, 7) is 4.19. The number of ether oxygens (including phenoxy) is 1. The third-order valence-corrected chi connectivity index (χ3v) is 5.43. The molecule has 0 aliphatic rings. The van der Waals surface area contributed by atoms with Crippen molar-refractivity contribution in [1.29, 1.82) is 0 Å². The number of carbonyl (C=O) groups excluding carboxylic acids is 2. The summed E-state index contributed by atoms with van der Waals surface area (Å²) in [6, 6.07) is 11.2. The Kier molecular flexibility index (Phi) is 9.76. The summed E-state index contributed by atoms with van der Waals surface area (Å²) in [5.41, 5.74) is 0.582. The second-order valence-electron chi connectivity index (χ2n) is 6.68. The highest BCUT2D eigenvalue weighted by Gasteiger charge is 2.29. The van der Waals surface area contributed by atoms with Crippen LogP contribution in [0.5, 0.6) is 5.75 Å². The van der Waals surface area contributed by atoms with Crippen LogP contribution in [0.1, 0.15) is 32.3 Å². The maximum atomic E-state index is 13.1. The number of nitrogens with one attached hydrogen (secondary N) is 1. The highest BCUT2D eigenvalue weighted by atomic mass is 35.5. The molecular formula is C22H25Cl3N2O3. The first-order chi connectivity index (χ1) is 14.4. The molecule has 0 bridgehead atoms. The summed E-state index contributed by atoms with van der Waals surface area (Å²) in [5.74, 6) is -0.113. The van der Waals surface area contributed by atoms with Crippen molar-refractivity contribution in [2.75, 3.05) is 13.2 Å². The molecule has 0 heterocycles. The van der Waals surface area contributed by atoms with Crippen LogP contribution < -0.4 is 10.1 Å². The van der Waals surface area contributed by atoms with E-state index in [4.69, 9.17) is 39.5 Å². The molecular weight excluding hydrogens is 447 g/mol. The maximum Gasteiger partial charge on any atom is 0.261 e. The zero-order valence-corrected chi connectivity index (χ0v) is 19.2. The Morgan fingerprint density at radius 3 is 2.33 bits per heavy atom. The lowest BCUT2D eigenvalue weighted by Gasteiger charge is -2.31. The van der Waals surface area contributed by atoms with Gasteiger partial charge in [-0.3, -0.25) is 9.59 Å². The Bertz CT molecular complexity index is 856. The number of amides is 2. The van der Waals surface area contributed by atoms with Crippen molar-refractivity contribution < 1.29 is 14.3 Å². The molecule has 0 aliphatic heterocycles. The highest BCUT2D eigenvalue weighted by Crippen LogP contribution is 2.27. The van der Waals surface area contributed by atoms with E-state index in [1.54, 1.807) is 42.5 Å². The van der Waals surface area contributed by atoms with Crippen LogP contribution in [-0.2, 0) is 16.1 Å². The van der Waals surface area contributed by atoms with E-state index < -0.39 is 6.04 Å². The van der Waals surface area contributed by atoms with Crippen molar-refractivity contribution in [3.05, 3.63) is 63.1 Å². The van der Waals surface area contributed by atoms with Crippen molar-refractivity contribution in [3.63, 3.8) is 0 Å². The first kappa shape index (κ1) is 24.3. The Balaban J connectivity index is 2.26. The molecule has 0 radical (unpaired) electrons. The lowest BCUT2D eigenvalue weighted by Crippen LogP contribution is -2.50. The van der Waals surface area contributed by atoms with Crippen LogP contribution in [0.2, 0.25) is 15.1 Å². The van der Waals surface area contributed by atoms with E-state index in [0.29, 0.717) is 39.3 Å². The van der Waals surface area contributed by atoms with Crippen molar-refractivity contribution in [2.45, 2.75) is 39.3 Å². The lowest BCUT2D eigenvalue weighted by atomic mass is 10.1. The Morgan fingerprint density at radius 1 is 1.07 bits per heavy atom. The zero-order valence-electron chi connectivity index (χ0n) is 17.0. The molecule has 30 heavy (non-hydrogen) atoms. The van der Waals surface area contributed by atoms with Crippen LogP contribution in [0.25, 0.3) is 0 Å². The molecule has 0 saturated carbocycles. The molecule has 0 spiro atoms. The van der Waals surface area contributed by atoms with Crippen molar-refractivity contribution >= 4 is 46.6 Å². The van der Waals surface area contributed by atoms with E-state index in [1.807, 2.05) is 13.8 Å². The number of halogens is 3. The van der Waals surface area contributed by atoms with Gasteiger partial charge in [0.25, 0.3) is 5.91 Å². The first-order valence-corrected chi connectivity index (χ1v) is 10.9. The van der Waals surface area contributed by atoms with E-state index in [-0.39, 0.29) is 25.0 Å². The highest BCUT2D eigenvalue weighted by molar-refractivity contribution is 6.36. The monoisotopic (exact) mass is 470 g/mol. The molecule has 2 amide bonds. The van der Waals surface area contributed by atoms with Gasteiger partial charge in [0.1, 0.15) is 11.8 Å². The molecule has 0 fully saturated rings. The molecule has 2 rings (SSSR count). The topological polar surface area (TPSA) is 58.6 Å². The number of benzene rings is 2. The van der Waals surface area contributed by atoms with Gasteiger partial charge >= 0.3 is 0 Å². The zero-order chi connectivity index (χ0) is 22.1. The van der Waals surface area contributed by atoms with Gasteiger partial charge in [0.15, 0.2) is 6.61 Å². The van der Waals surface area contributed by atoms with Crippen molar-refractivity contribution in [2.24, 2.45) is 0 Å². The fraction of sp³-hybridized carbons (Fsp3) is 0.364. The summed E-state index contributed by atoms with van der Waals surface area (Å²) in [6.07, 6.45) is 1.23. The minimum atomic E-state index is -0.681. The minimum absolute atomic E-state index is 0.0916. The fourth-order valence-corrected chi connectivity index (χ4v) is 3.62. The lowest BCUT2D eigenvalue weighted by molar-refractivity contribution is -0.143. The van der Waals surface area contributed by atoms with Gasteiger partial charge in [-0.05, 0) is 43.2 Å². The molecule has 0 aromatic heterocycles. The Morgan fingerprint density at radius 2 is 1.73 bits per heavy atom. The normalized spacial score (nSPS) is 11.6. The minimum Gasteiger partial charge on any atom is -0.484 e. The van der Waals surface area contributed by atoms with Crippen molar-refractivity contribution in [3.8, 4) is 5.75 Å². The number of hydrogen-bond donors (Lipinski definition) is 1. The van der Waals surface area contributed by atoms with Crippen LogP contribution >= 0.6 is 34.8 Å². The van der Waals surface area contributed by atoms with Crippen LogP contribution in [0.3, 0.4) is 0 Å². The number of rotatable bonds is 10. The Labute approximate surface area is 192 Å². The third kappa shape index (κ3) is 6.79. The average molecular weight is 472 g/mol. The second-order valence-corrected chi connectivity index (χ2v) is 7.93. The smallest absolute Gasteiger partial charge is 0.261 e. The number of carbonyl (C=O) groups is 2. The van der Waals surface area contributed by atoms with Gasteiger partial charge in [-0.25, -0.2) is 0 Å². The van der Waals surface area contributed by atoms with E-state index in [2.05, 4.69) is 5.32 Å². The van der Waals surface area contributed by atoms with Crippen molar-refractivity contribution in [1.82, 2.24) is 10.2 Å². The summed E-state index contributed by atoms with van der Waals surface area (Å²) in [4.78, 5) is 27.3. The predicted molar refractivity (Wildman–Crippen MR) is 121 cm³/mol. The van der Waals surface area contributed by atoms with Gasteiger partial charge in [-0.1, -0.05) is 60.8 Å². The SMILES string of the molecule is CCCNC(=O)[C@@H](CC)N(Cc1c(Cl)cccc1Cl)C(=O)COc1cccc(Cl)c1. The Hall–Kier alpha value is -1.95. The molecule has 1 atom stereocenters. The predicted octanol–water partition coefficient (Wildman–Crippen LogP) is 5.36. The molecule has 2 aromatic carbocycles. The van der Waals surface area contributed by atoms with Crippen LogP contribution in [0, 0.1) is 0 Å². The maximum absolute atomic E-state index is 13.1. The molecule has 5 nitrogen and oxygen atoms in total. The molecule has 0 aliphatic carbocycles. The van der Waals surface area contributed by atoms with Gasteiger partial charge < -0.3 is 15.0 Å². The first-order valence-electron chi connectivity index (χ1n) is 9.75. The second kappa shape index (κ2) is 12.0. The fourth-order valence-electron chi connectivity index (χ4n) is 2.92. The number of nitrogens with zero attached hydrogens (tertiary/aromatic N) is 1. The van der Waals surface area contributed by atoms with Gasteiger partial charge in [0.05, 0.1) is 0 Å². The van der Waals surface area contributed by atoms with E-state index in [0.717, 1.165) is 6.42 Å². The van der Waals surface area contributed by atoms with Gasteiger partial charge in [-0.15, -0.1) is 0 Å². The molecule has 0 saturated heterocycles. The molecule has 2 aromatic rings. The standard InChI is InChI=1S/C22H25Cl3N2O3/c1-3-11-26-22(29)20(4-2)27(13-17-18(24)9-6-10-19(17)25)21(28)14-30-16-8-5-7-15(23)12-16/h5-10,12,20H,3-4,11,13-14H2,1-2H3,(H,26,29)/t20-/m1/s1. The summed E-state index contributed by atoms with van der Waals surface area (Å²) in [7, 11) is 0. The average Bonchev–Trinajstić information content (AvgIpc) is 2.72. The largest absolute Gasteiger partial charge is 0.484 e. The summed E-state index contributed by atoms with van der Waals surface area (Å²) < 4.78 is 5.61. The molecule has 0 unspecified atom stereocenters. The van der Waals surface area contributed by atoms with Gasteiger partial charge in [-0.2, -0.15) is 0 Å². The summed E-state index contributed by atoms with van der Waals surface area (Å²) in [5, 5.41) is 4.22. The van der Waals surface area contributed by atoms with E-state index in [9.17, 15) is 9.59 Å². The quantitative estimate of drug-likeness (QED) is 0.507. The van der Waals surface area contributed by atoms with Crippen LogP contribution in [-0.4, -0.2) is 35.9 Å². The molecule has 162 valence electrons. The van der Waals surface area contributed by atoms with Crippen LogP contribution in [0.15, 0.2) is 42.5 Å².